The third-order valence-corrected chi connectivity index (χ3v) is 4.74. The lowest BCUT2D eigenvalue weighted by Crippen LogP contribution is -2.13. The van der Waals surface area contributed by atoms with Gasteiger partial charge >= 0.3 is 0 Å². The maximum absolute atomic E-state index is 12.4. The molecule has 146 valence electrons. The van der Waals surface area contributed by atoms with E-state index in [-0.39, 0.29) is 5.91 Å². The fourth-order valence-corrected chi connectivity index (χ4v) is 3.22. The van der Waals surface area contributed by atoms with Crippen molar-refractivity contribution < 1.29 is 9.53 Å². The number of carbonyl (C=O) groups excluding carboxylic acids is 1. The van der Waals surface area contributed by atoms with Crippen LogP contribution in [0.2, 0.25) is 0 Å². The first kappa shape index (κ1) is 18.7. The highest BCUT2D eigenvalue weighted by molar-refractivity contribution is 5.95. The molecule has 0 bridgehead atoms. The topological polar surface area (TPSA) is 67.0 Å². The summed E-state index contributed by atoms with van der Waals surface area (Å²) in [4.78, 5) is 20.4. The first-order chi connectivity index (χ1) is 14.2. The molecule has 5 nitrogen and oxygen atoms in total. The molecule has 4 aromatic rings. The molecule has 0 unspecified atom stereocenters. The Labute approximate surface area is 169 Å². The van der Waals surface area contributed by atoms with Crippen molar-refractivity contribution in [2.75, 3.05) is 11.9 Å². The van der Waals surface area contributed by atoms with E-state index in [0.29, 0.717) is 19.4 Å². The number of ether oxygens (including phenoxy) is 1. The van der Waals surface area contributed by atoms with Gasteiger partial charge in [-0.1, -0.05) is 42.5 Å². The summed E-state index contributed by atoms with van der Waals surface area (Å²) < 4.78 is 5.77. The van der Waals surface area contributed by atoms with Gasteiger partial charge in [-0.25, -0.2) is 4.98 Å². The molecule has 1 amide bonds. The number of hydrogen-bond donors (Lipinski definition) is 2. The maximum atomic E-state index is 12.4. The fourth-order valence-electron chi connectivity index (χ4n) is 3.22. The van der Waals surface area contributed by atoms with Gasteiger partial charge in [-0.15, -0.1) is 0 Å². The highest BCUT2D eigenvalue weighted by Crippen LogP contribution is 2.27. The predicted molar refractivity (Wildman–Crippen MR) is 116 cm³/mol. The highest BCUT2D eigenvalue weighted by Gasteiger charge is 2.12. The summed E-state index contributed by atoms with van der Waals surface area (Å²) in [5, 5.41) is 3.01. The van der Waals surface area contributed by atoms with E-state index in [1.54, 1.807) is 0 Å². The van der Waals surface area contributed by atoms with Gasteiger partial charge in [0, 0.05) is 12.0 Å². The summed E-state index contributed by atoms with van der Waals surface area (Å²) >= 11 is 0. The minimum atomic E-state index is -0.0399. The number of nitrogens with one attached hydrogen (secondary N) is 2. The van der Waals surface area contributed by atoms with Crippen LogP contribution in [0.3, 0.4) is 0 Å². The second-order valence-electron chi connectivity index (χ2n) is 6.91. The molecule has 0 aliphatic rings. The van der Waals surface area contributed by atoms with Crippen molar-refractivity contribution in [2.24, 2.45) is 0 Å². The van der Waals surface area contributed by atoms with Crippen molar-refractivity contribution in [1.82, 2.24) is 9.97 Å². The average molecular weight is 385 g/mol. The normalized spacial score (nSPS) is 10.8. The Bertz CT molecular complexity index is 1100. The smallest absolute Gasteiger partial charge is 0.224 e. The lowest BCUT2D eigenvalue weighted by molar-refractivity contribution is -0.116. The SMILES string of the molecule is Cc1ccccc1OCCCC(=O)Nc1ccccc1-c1nc2ccccc2[nH]1. The van der Waals surface area contributed by atoms with Crippen LogP contribution in [0, 0.1) is 6.92 Å². The quantitative estimate of drug-likeness (QED) is 0.422. The number of fused-ring (bicyclic) bond motifs is 1. The molecule has 4 rings (SSSR count). The van der Waals surface area contributed by atoms with E-state index < -0.39 is 0 Å². The molecular weight excluding hydrogens is 362 g/mol. The number of aryl methyl sites for hydroxylation is 1. The van der Waals surface area contributed by atoms with Gasteiger partial charge in [0.1, 0.15) is 11.6 Å². The monoisotopic (exact) mass is 385 g/mol. The molecule has 0 spiro atoms. The van der Waals surface area contributed by atoms with Gasteiger partial charge < -0.3 is 15.0 Å². The van der Waals surface area contributed by atoms with E-state index >= 15 is 0 Å². The Morgan fingerprint density at radius 1 is 1.00 bits per heavy atom. The van der Waals surface area contributed by atoms with Crippen molar-refractivity contribution in [3.05, 3.63) is 78.4 Å². The molecule has 0 aliphatic carbocycles. The Morgan fingerprint density at radius 2 is 1.76 bits per heavy atom. The van der Waals surface area contributed by atoms with Gasteiger partial charge in [0.2, 0.25) is 5.91 Å². The van der Waals surface area contributed by atoms with Crippen LogP contribution >= 0.6 is 0 Å². The van der Waals surface area contributed by atoms with Gasteiger partial charge in [-0.3, -0.25) is 4.79 Å². The molecule has 2 N–H and O–H groups in total. The summed E-state index contributed by atoms with van der Waals surface area (Å²) in [5.41, 5.74) is 4.58. The van der Waals surface area contributed by atoms with E-state index in [1.807, 2.05) is 79.7 Å². The van der Waals surface area contributed by atoms with Gasteiger partial charge in [0.05, 0.1) is 23.3 Å². The number of imidazole rings is 1. The number of anilines is 1. The molecular formula is C24H23N3O2. The van der Waals surface area contributed by atoms with Crippen LogP contribution in [0.4, 0.5) is 5.69 Å². The minimum absolute atomic E-state index is 0.0399. The summed E-state index contributed by atoms with van der Waals surface area (Å²) in [6, 6.07) is 23.5. The van der Waals surface area contributed by atoms with E-state index in [4.69, 9.17) is 4.74 Å². The average Bonchev–Trinajstić information content (AvgIpc) is 3.17. The second-order valence-corrected chi connectivity index (χ2v) is 6.91. The first-order valence-electron chi connectivity index (χ1n) is 9.73. The van der Waals surface area contributed by atoms with E-state index in [2.05, 4.69) is 15.3 Å². The van der Waals surface area contributed by atoms with Gasteiger partial charge in [0.15, 0.2) is 0 Å². The zero-order chi connectivity index (χ0) is 20.1. The number of amides is 1. The molecule has 0 radical (unpaired) electrons. The lowest BCUT2D eigenvalue weighted by Gasteiger charge is -2.11. The minimum Gasteiger partial charge on any atom is -0.493 e. The number of rotatable bonds is 7. The van der Waals surface area contributed by atoms with Crippen molar-refractivity contribution in [1.29, 1.82) is 0 Å². The number of aromatic nitrogens is 2. The number of carbonyl (C=O) groups is 1. The number of para-hydroxylation sites is 4. The summed E-state index contributed by atoms with van der Waals surface area (Å²) in [7, 11) is 0. The maximum Gasteiger partial charge on any atom is 0.224 e. The number of aromatic amines is 1. The zero-order valence-corrected chi connectivity index (χ0v) is 16.3. The predicted octanol–water partition coefficient (Wildman–Crippen LogP) is 5.34. The molecule has 0 saturated heterocycles. The third kappa shape index (κ3) is 4.46. The second kappa shape index (κ2) is 8.61. The first-order valence-corrected chi connectivity index (χ1v) is 9.73. The van der Waals surface area contributed by atoms with Crippen LogP contribution in [-0.2, 0) is 4.79 Å². The van der Waals surface area contributed by atoms with Crippen LogP contribution in [0.15, 0.2) is 72.8 Å². The van der Waals surface area contributed by atoms with Crippen LogP contribution < -0.4 is 10.1 Å². The Morgan fingerprint density at radius 3 is 2.62 bits per heavy atom. The van der Waals surface area contributed by atoms with Gasteiger partial charge in [-0.2, -0.15) is 0 Å². The molecule has 1 heterocycles. The molecule has 5 heteroatoms. The van der Waals surface area contributed by atoms with E-state index in [0.717, 1.165) is 39.4 Å². The Balaban J connectivity index is 1.38. The van der Waals surface area contributed by atoms with Crippen LogP contribution in [0.1, 0.15) is 18.4 Å². The molecule has 0 fully saturated rings. The van der Waals surface area contributed by atoms with Gasteiger partial charge in [-0.05, 0) is 49.2 Å². The Hall–Kier alpha value is -3.60. The molecule has 1 aromatic heterocycles. The Kier molecular flexibility index (Phi) is 5.56. The summed E-state index contributed by atoms with van der Waals surface area (Å²) in [6.07, 6.45) is 1.04. The van der Waals surface area contributed by atoms with Crippen molar-refractivity contribution in [3.8, 4) is 17.1 Å². The van der Waals surface area contributed by atoms with E-state index in [9.17, 15) is 4.79 Å². The number of hydrogen-bond acceptors (Lipinski definition) is 3. The van der Waals surface area contributed by atoms with Crippen LogP contribution in [0.25, 0.3) is 22.4 Å². The molecule has 29 heavy (non-hydrogen) atoms. The number of nitrogens with zero attached hydrogens (tertiary/aromatic N) is 1. The van der Waals surface area contributed by atoms with Gasteiger partial charge in [0.25, 0.3) is 0 Å². The number of H-pyrrole nitrogens is 1. The largest absolute Gasteiger partial charge is 0.493 e. The molecule has 3 aromatic carbocycles. The van der Waals surface area contributed by atoms with Crippen molar-refractivity contribution >= 4 is 22.6 Å². The van der Waals surface area contributed by atoms with Crippen molar-refractivity contribution in [2.45, 2.75) is 19.8 Å². The zero-order valence-electron chi connectivity index (χ0n) is 16.3. The molecule has 0 aliphatic heterocycles. The van der Waals surface area contributed by atoms with Crippen LogP contribution in [0.5, 0.6) is 5.75 Å². The van der Waals surface area contributed by atoms with Crippen LogP contribution in [-0.4, -0.2) is 22.5 Å². The standard InChI is InChI=1S/C24H23N3O2/c1-17-9-2-7-14-22(17)29-16-8-15-23(28)25-19-11-4-3-10-18(19)24-26-20-12-5-6-13-21(20)27-24/h2-7,9-14H,8,15-16H2,1H3,(H,25,28)(H,26,27). The summed E-state index contributed by atoms with van der Waals surface area (Å²) in [6.45, 7) is 2.51. The molecule has 0 saturated carbocycles. The third-order valence-electron chi connectivity index (χ3n) is 4.74. The molecule has 0 atom stereocenters. The fraction of sp³-hybridized carbons (Fsp3) is 0.167. The lowest BCUT2D eigenvalue weighted by atomic mass is 10.1. The van der Waals surface area contributed by atoms with E-state index in [1.165, 1.54) is 0 Å². The summed E-state index contributed by atoms with van der Waals surface area (Å²) in [5.74, 6) is 1.56. The highest BCUT2D eigenvalue weighted by atomic mass is 16.5. The number of benzene rings is 3. The van der Waals surface area contributed by atoms with Crippen molar-refractivity contribution in [3.63, 3.8) is 0 Å².